The lowest BCUT2D eigenvalue weighted by molar-refractivity contribution is -0.117. The first kappa shape index (κ1) is 11.3. The second-order valence-electron chi connectivity index (χ2n) is 4.78. The van der Waals surface area contributed by atoms with E-state index in [1.54, 1.807) is 6.92 Å². The molecule has 1 aromatic carbocycles. The van der Waals surface area contributed by atoms with Gasteiger partial charge in [-0.15, -0.1) is 0 Å². The molecule has 1 saturated heterocycles. The van der Waals surface area contributed by atoms with E-state index >= 15 is 0 Å². The fraction of sp³-hybridized carbons (Fsp3) is 0.500. The highest BCUT2D eigenvalue weighted by molar-refractivity contribution is 5.75. The van der Waals surface area contributed by atoms with Gasteiger partial charge in [-0.1, -0.05) is 30.3 Å². The Labute approximate surface area is 97.3 Å². The van der Waals surface area contributed by atoms with Gasteiger partial charge in [0.05, 0.1) is 0 Å². The average Bonchev–Trinajstić information content (AvgIpc) is 2.66. The van der Waals surface area contributed by atoms with Crippen molar-refractivity contribution in [2.45, 2.75) is 26.3 Å². The van der Waals surface area contributed by atoms with Crippen LogP contribution in [0.4, 0.5) is 0 Å². The van der Waals surface area contributed by atoms with Crippen molar-refractivity contribution in [3.05, 3.63) is 35.9 Å². The lowest BCUT2D eigenvalue weighted by Gasteiger charge is -2.15. The van der Waals surface area contributed by atoms with Gasteiger partial charge in [-0.05, 0) is 31.4 Å². The van der Waals surface area contributed by atoms with E-state index < -0.39 is 0 Å². The SMILES string of the molecule is CC(=O)CC1CCN(Cc2ccccc2)C1. The molecular weight excluding hydrogens is 198 g/mol. The highest BCUT2D eigenvalue weighted by Gasteiger charge is 2.23. The Kier molecular flexibility index (Phi) is 3.73. The molecule has 2 nitrogen and oxygen atoms in total. The summed E-state index contributed by atoms with van der Waals surface area (Å²) in [7, 11) is 0. The largest absolute Gasteiger partial charge is 0.300 e. The molecule has 1 heterocycles. The first-order chi connectivity index (χ1) is 7.74. The van der Waals surface area contributed by atoms with Crippen molar-refractivity contribution >= 4 is 5.78 Å². The van der Waals surface area contributed by atoms with Gasteiger partial charge >= 0.3 is 0 Å². The molecule has 1 atom stereocenters. The van der Waals surface area contributed by atoms with Gasteiger partial charge < -0.3 is 4.79 Å². The lowest BCUT2D eigenvalue weighted by atomic mass is 10.0. The Balaban J connectivity index is 1.83. The summed E-state index contributed by atoms with van der Waals surface area (Å²) < 4.78 is 0. The molecule has 1 aliphatic heterocycles. The predicted molar refractivity (Wildman–Crippen MR) is 65.1 cm³/mol. The van der Waals surface area contributed by atoms with E-state index in [1.807, 2.05) is 6.07 Å². The van der Waals surface area contributed by atoms with Crippen LogP contribution < -0.4 is 0 Å². The van der Waals surface area contributed by atoms with Crippen LogP contribution in [-0.2, 0) is 11.3 Å². The summed E-state index contributed by atoms with van der Waals surface area (Å²) in [5.74, 6) is 0.910. The molecule has 1 unspecified atom stereocenters. The molecule has 86 valence electrons. The number of nitrogens with zero attached hydrogens (tertiary/aromatic N) is 1. The van der Waals surface area contributed by atoms with Crippen LogP contribution in [0.25, 0.3) is 0 Å². The third-order valence-corrected chi connectivity index (χ3v) is 3.20. The van der Waals surface area contributed by atoms with Crippen molar-refractivity contribution in [1.82, 2.24) is 4.90 Å². The van der Waals surface area contributed by atoms with Crippen molar-refractivity contribution in [2.75, 3.05) is 13.1 Å². The molecule has 1 aromatic rings. The van der Waals surface area contributed by atoms with Gasteiger partial charge in [0.1, 0.15) is 5.78 Å². The van der Waals surface area contributed by atoms with Crippen molar-refractivity contribution < 1.29 is 4.79 Å². The Morgan fingerprint density at radius 2 is 2.12 bits per heavy atom. The van der Waals surface area contributed by atoms with E-state index in [4.69, 9.17) is 0 Å². The van der Waals surface area contributed by atoms with Crippen LogP contribution in [0.15, 0.2) is 30.3 Å². The Morgan fingerprint density at radius 3 is 2.81 bits per heavy atom. The number of carbonyl (C=O) groups is 1. The first-order valence-corrected chi connectivity index (χ1v) is 6.00. The van der Waals surface area contributed by atoms with Gasteiger partial charge in [0.15, 0.2) is 0 Å². The maximum absolute atomic E-state index is 11.0. The number of rotatable bonds is 4. The normalized spacial score (nSPS) is 21.2. The van der Waals surface area contributed by atoms with E-state index in [2.05, 4.69) is 29.2 Å². The zero-order valence-electron chi connectivity index (χ0n) is 9.86. The van der Waals surface area contributed by atoms with E-state index in [0.717, 1.165) is 26.1 Å². The second kappa shape index (κ2) is 5.26. The smallest absolute Gasteiger partial charge is 0.130 e. The van der Waals surface area contributed by atoms with E-state index in [0.29, 0.717) is 11.7 Å². The third kappa shape index (κ3) is 3.17. The molecule has 0 aromatic heterocycles. The Morgan fingerprint density at radius 1 is 1.38 bits per heavy atom. The van der Waals surface area contributed by atoms with Gasteiger partial charge in [-0.2, -0.15) is 0 Å². The van der Waals surface area contributed by atoms with Crippen LogP contribution in [0.2, 0.25) is 0 Å². The fourth-order valence-electron chi connectivity index (χ4n) is 2.47. The van der Waals surface area contributed by atoms with Gasteiger partial charge in [0.25, 0.3) is 0 Å². The minimum absolute atomic E-state index is 0.326. The van der Waals surface area contributed by atoms with Crippen molar-refractivity contribution in [3.8, 4) is 0 Å². The molecular formula is C14H19NO. The molecule has 0 bridgehead atoms. The maximum atomic E-state index is 11.0. The summed E-state index contributed by atoms with van der Waals surface area (Å²) in [4.78, 5) is 13.5. The minimum atomic E-state index is 0.326. The molecule has 0 amide bonds. The molecule has 0 saturated carbocycles. The summed E-state index contributed by atoms with van der Waals surface area (Å²) in [6.45, 7) is 4.93. The number of benzene rings is 1. The zero-order valence-corrected chi connectivity index (χ0v) is 9.86. The predicted octanol–water partition coefficient (Wildman–Crippen LogP) is 2.49. The summed E-state index contributed by atoms with van der Waals surface area (Å²) in [5.41, 5.74) is 1.37. The molecule has 0 spiro atoms. The van der Waals surface area contributed by atoms with Gasteiger partial charge in [0, 0.05) is 19.5 Å². The summed E-state index contributed by atoms with van der Waals surface area (Å²) in [6.07, 6.45) is 1.93. The molecule has 1 fully saturated rings. The molecule has 2 rings (SSSR count). The summed E-state index contributed by atoms with van der Waals surface area (Å²) >= 11 is 0. The van der Waals surface area contributed by atoms with Crippen molar-refractivity contribution in [2.24, 2.45) is 5.92 Å². The number of ketones is 1. The summed E-state index contributed by atoms with van der Waals surface area (Å²) in [5, 5.41) is 0. The van der Waals surface area contributed by atoms with Crippen LogP contribution in [0.3, 0.4) is 0 Å². The minimum Gasteiger partial charge on any atom is -0.300 e. The standard InChI is InChI=1S/C14H19NO/c1-12(16)9-14-7-8-15(11-14)10-13-5-3-2-4-6-13/h2-6,14H,7-11H2,1H3. The Hall–Kier alpha value is -1.15. The number of hydrogen-bond acceptors (Lipinski definition) is 2. The Bertz CT molecular complexity index is 347. The third-order valence-electron chi connectivity index (χ3n) is 3.20. The van der Waals surface area contributed by atoms with Crippen LogP contribution in [-0.4, -0.2) is 23.8 Å². The van der Waals surface area contributed by atoms with E-state index in [9.17, 15) is 4.79 Å². The molecule has 0 radical (unpaired) electrons. The quantitative estimate of drug-likeness (QED) is 0.772. The van der Waals surface area contributed by atoms with E-state index in [1.165, 1.54) is 12.0 Å². The number of hydrogen-bond donors (Lipinski definition) is 0. The second-order valence-corrected chi connectivity index (χ2v) is 4.78. The molecule has 1 aliphatic rings. The molecule has 0 aliphatic carbocycles. The highest BCUT2D eigenvalue weighted by atomic mass is 16.1. The number of Topliss-reactive ketones (excluding diaryl/α,β-unsaturated/α-hetero) is 1. The first-order valence-electron chi connectivity index (χ1n) is 6.00. The molecule has 0 N–H and O–H groups in total. The van der Waals surface area contributed by atoms with Crippen molar-refractivity contribution in [1.29, 1.82) is 0 Å². The number of carbonyl (C=O) groups excluding carboxylic acids is 1. The van der Waals surface area contributed by atoms with Crippen LogP contribution in [0.1, 0.15) is 25.3 Å². The highest BCUT2D eigenvalue weighted by Crippen LogP contribution is 2.21. The topological polar surface area (TPSA) is 20.3 Å². The van der Waals surface area contributed by atoms with E-state index in [-0.39, 0.29) is 0 Å². The zero-order chi connectivity index (χ0) is 11.4. The maximum Gasteiger partial charge on any atom is 0.130 e. The van der Waals surface area contributed by atoms with Crippen LogP contribution in [0.5, 0.6) is 0 Å². The van der Waals surface area contributed by atoms with Gasteiger partial charge in [0.2, 0.25) is 0 Å². The van der Waals surface area contributed by atoms with Crippen molar-refractivity contribution in [3.63, 3.8) is 0 Å². The fourth-order valence-corrected chi connectivity index (χ4v) is 2.47. The average molecular weight is 217 g/mol. The molecule has 16 heavy (non-hydrogen) atoms. The van der Waals surface area contributed by atoms with Gasteiger partial charge in [-0.25, -0.2) is 0 Å². The van der Waals surface area contributed by atoms with Crippen LogP contribution >= 0.6 is 0 Å². The van der Waals surface area contributed by atoms with Crippen LogP contribution in [0, 0.1) is 5.92 Å². The summed E-state index contributed by atoms with van der Waals surface area (Å²) in [6, 6.07) is 10.5. The van der Waals surface area contributed by atoms with Gasteiger partial charge in [-0.3, -0.25) is 4.90 Å². The number of likely N-dealkylation sites (tertiary alicyclic amines) is 1. The lowest BCUT2D eigenvalue weighted by Crippen LogP contribution is -2.20. The monoisotopic (exact) mass is 217 g/mol. The molecule has 2 heteroatoms.